The highest BCUT2D eigenvalue weighted by Gasteiger charge is 2.30. The number of nitrogens with two attached hydrogens (primary N) is 1. The van der Waals surface area contributed by atoms with Gasteiger partial charge in [-0.15, -0.1) is 0 Å². The summed E-state index contributed by atoms with van der Waals surface area (Å²) in [5.74, 6) is -0.555. The van der Waals surface area contributed by atoms with Gasteiger partial charge in [0, 0.05) is 22.4 Å². The number of carbonyl (C=O) groups is 2. The molecule has 2 aromatic rings. The van der Waals surface area contributed by atoms with Crippen LogP contribution in [-0.4, -0.2) is 16.9 Å². The van der Waals surface area contributed by atoms with E-state index in [4.69, 9.17) is 5.73 Å². The lowest BCUT2D eigenvalue weighted by Crippen LogP contribution is -2.23. The topological polar surface area (TPSA) is 83.6 Å². The number of phenols is 1. The van der Waals surface area contributed by atoms with Gasteiger partial charge in [0.1, 0.15) is 5.75 Å². The van der Waals surface area contributed by atoms with Gasteiger partial charge in [0.2, 0.25) is 5.91 Å². The van der Waals surface area contributed by atoms with Crippen molar-refractivity contribution in [1.82, 2.24) is 0 Å². The van der Waals surface area contributed by atoms with E-state index in [0.717, 1.165) is 0 Å². The molecule has 1 aliphatic rings. The summed E-state index contributed by atoms with van der Waals surface area (Å²) in [6.45, 7) is 0.316. The SMILES string of the molecule is NC(=O)c1ccc(N2Cc3c(O)cccc3C2=O)cc1. The normalized spacial score (nSPS) is 13.4. The molecule has 2 aromatic carbocycles. The molecule has 2 amide bonds. The molecule has 0 saturated heterocycles. The zero-order valence-corrected chi connectivity index (χ0v) is 10.5. The maximum atomic E-state index is 12.3. The van der Waals surface area contributed by atoms with Crippen molar-refractivity contribution < 1.29 is 14.7 Å². The predicted octanol–water partition coefficient (Wildman–Crippen LogP) is 1.65. The summed E-state index contributed by atoms with van der Waals surface area (Å²) in [7, 11) is 0. The number of rotatable bonds is 2. The number of hydrogen-bond donors (Lipinski definition) is 2. The van der Waals surface area contributed by atoms with E-state index in [-0.39, 0.29) is 11.7 Å². The standard InChI is InChI=1S/C15H12N2O3/c16-14(19)9-4-6-10(7-5-9)17-8-12-11(15(17)20)2-1-3-13(12)18/h1-7,18H,8H2,(H2,16,19). The van der Waals surface area contributed by atoms with Crippen molar-refractivity contribution in [1.29, 1.82) is 0 Å². The fourth-order valence-corrected chi connectivity index (χ4v) is 2.33. The van der Waals surface area contributed by atoms with Gasteiger partial charge < -0.3 is 15.7 Å². The molecule has 0 radical (unpaired) electrons. The number of fused-ring (bicyclic) bond motifs is 1. The van der Waals surface area contributed by atoms with E-state index in [1.807, 2.05) is 0 Å². The molecule has 0 unspecified atom stereocenters. The van der Waals surface area contributed by atoms with E-state index < -0.39 is 5.91 Å². The van der Waals surface area contributed by atoms with Crippen molar-refractivity contribution in [2.24, 2.45) is 5.73 Å². The Hall–Kier alpha value is -2.82. The highest BCUT2D eigenvalue weighted by molar-refractivity contribution is 6.10. The Morgan fingerprint density at radius 2 is 1.85 bits per heavy atom. The zero-order valence-electron chi connectivity index (χ0n) is 10.5. The molecule has 0 bridgehead atoms. The molecule has 0 aromatic heterocycles. The van der Waals surface area contributed by atoms with Crippen molar-refractivity contribution in [2.45, 2.75) is 6.54 Å². The molecule has 0 atom stereocenters. The maximum Gasteiger partial charge on any atom is 0.259 e. The van der Waals surface area contributed by atoms with E-state index >= 15 is 0 Å². The summed E-state index contributed by atoms with van der Waals surface area (Å²) in [5, 5.41) is 9.79. The highest BCUT2D eigenvalue weighted by atomic mass is 16.3. The van der Waals surface area contributed by atoms with Crippen molar-refractivity contribution >= 4 is 17.5 Å². The second-order valence-corrected chi connectivity index (χ2v) is 4.61. The number of primary amides is 1. The first-order valence-electron chi connectivity index (χ1n) is 6.10. The van der Waals surface area contributed by atoms with Crippen LogP contribution in [0.4, 0.5) is 5.69 Å². The van der Waals surface area contributed by atoms with Crippen LogP contribution in [0.1, 0.15) is 26.3 Å². The lowest BCUT2D eigenvalue weighted by Gasteiger charge is -2.15. The van der Waals surface area contributed by atoms with E-state index in [9.17, 15) is 14.7 Å². The lowest BCUT2D eigenvalue weighted by molar-refractivity contribution is 0.0991. The number of anilines is 1. The first kappa shape index (κ1) is 12.2. The smallest absolute Gasteiger partial charge is 0.259 e. The van der Waals surface area contributed by atoms with Gasteiger partial charge in [-0.1, -0.05) is 6.07 Å². The summed E-state index contributed by atoms with van der Waals surface area (Å²) in [6.07, 6.45) is 0. The summed E-state index contributed by atoms with van der Waals surface area (Å²) < 4.78 is 0. The van der Waals surface area contributed by atoms with Crippen molar-refractivity contribution in [3.8, 4) is 5.75 Å². The molecule has 1 aliphatic heterocycles. The minimum Gasteiger partial charge on any atom is -0.508 e. The molecule has 5 heteroatoms. The van der Waals surface area contributed by atoms with Crippen LogP contribution in [0.25, 0.3) is 0 Å². The molecule has 20 heavy (non-hydrogen) atoms. The molecule has 0 spiro atoms. The van der Waals surface area contributed by atoms with Crippen LogP contribution in [0.15, 0.2) is 42.5 Å². The summed E-state index contributed by atoms with van der Waals surface area (Å²) in [5.41, 5.74) is 7.36. The molecule has 0 saturated carbocycles. The third-order valence-corrected chi connectivity index (χ3v) is 3.41. The monoisotopic (exact) mass is 268 g/mol. The molecular weight excluding hydrogens is 256 g/mol. The average Bonchev–Trinajstić information content (AvgIpc) is 2.78. The molecule has 1 heterocycles. The van der Waals surface area contributed by atoms with Gasteiger partial charge in [0.15, 0.2) is 0 Å². The Balaban J connectivity index is 1.96. The van der Waals surface area contributed by atoms with E-state index in [0.29, 0.717) is 28.9 Å². The van der Waals surface area contributed by atoms with Gasteiger partial charge in [-0.05, 0) is 36.4 Å². The van der Waals surface area contributed by atoms with Crippen LogP contribution in [0, 0.1) is 0 Å². The minimum atomic E-state index is -0.509. The molecule has 3 N–H and O–H groups in total. The second-order valence-electron chi connectivity index (χ2n) is 4.61. The van der Waals surface area contributed by atoms with Gasteiger partial charge in [0.05, 0.1) is 6.54 Å². The van der Waals surface area contributed by atoms with Crippen LogP contribution in [0.2, 0.25) is 0 Å². The van der Waals surface area contributed by atoms with Crippen molar-refractivity contribution in [3.63, 3.8) is 0 Å². The Bertz CT molecular complexity index is 708. The quantitative estimate of drug-likeness (QED) is 0.868. The van der Waals surface area contributed by atoms with Crippen LogP contribution >= 0.6 is 0 Å². The molecular formula is C15H12N2O3. The van der Waals surface area contributed by atoms with Gasteiger partial charge >= 0.3 is 0 Å². The Labute approximate surface area is 115 Å². The van der Waals surface area contributed by atoms with Crippen LogP contribution in [-0.2, 0) is 6.54 Å². The lowest BCUT2D eigenvalue weighted by atomic mass is 10.1. The van der Waals surface area contributed by atoms with Crippen LogP contribution < -0.4 is 10.6 Å². The first-order valence-corrected chi connectivity index (χ1v) is 6.10. The molecule has 100 valence electrons. The number of aromatic hydroxyl groups is 1. The average molecular weight is 268 g/mol. The summed E-state index contributed by atoms with van der Waals surface area (Å²) >= 11 is 0. The minimum absolute atomic E-state index is 0.118. The number of carbonyl (C=O) groups excluding carboxylic acids is 2. The van der Waals surface area contributed by atoms with Gasteiger partial charge in [-0.2, -0.15) is 0 Å². The molecule has 5 nitrogen and oxygen atoms in total. The fourth-order valence-electron chi connectivity index (χ4n) is 2.33. The van der Waals surface area contributed by atoms with Gasteiger partial charge in [-0.25, -0.2) is 0 Å². The first-order chi connectivity index (χ1) is 9.58. The van der Waals surface area contributed by atoms with Crippen LogP contribution in [0.3, 0.4) is 0 Å². The summed E-state index contributed by atoms with van der Waals surface area (Å²) in [4.78, 5) is 24.9. The largest absolute Gasteiger partial charge is 0.508 e. The van der Waals surface area contributed by atoms with E-state index in [1.54, 1.807) is 47.4 Å². The second kappa shape index (κ2) is 4.38. The Morgan fingerprint density at radius 3 is 2.45 bits per heavy atom. The number of benzene rings is 2. The zero-order chi connectivity index (χ0) is 14.3. The predicted molar refractivity (Wildman–Crippen MR) is 73.6 cm³/mol. The van der Waals surface area contributed by atoms with Crippen molar-refractivity contribution in [3.05, 3.63) is 59.2 Å². The number of amides is 2. The van der Waals surface area contributed by atoms with Gasteiger partial charge in [0.25, 0.3) is 5.91 Å². The molecule has 3 rings (SSSR count). The number of hydrogen-bond acceptors (Lipinski definition) is 3. The molecule has 0 aliphatic carbocycles. The summed E-state index contributed by atoms with van der Waals surface area (Å²) in [6, 6.07) is 11.4. The fraction of sp³-hybridized carbons (Fsp3) is 0.0667. The van der Waals surface area contributed by atoms with E-state index in [1.165, 1.54) is 0 Å². The Morgan fingerprint density at radius 1 is 1.15 bits per heavy atom. The third-order valence-electron chi connectivity index (χ3n) is 3.41. The Kier molecular flexibility index (Phi) is 2.68. The van der Waals surface area contributed by atoms with Crippen LogP contribution in [0.5, 0.6) is 5.75 Å². The number of phenolic OH excluding ortho intramolecular Hbond substituents is 1. The highest BCUT2D eigenvalue weighted by Crippen LogP contribution is 2.33. The number of nitrogens with zero attached hydrogens (tertiary/aromatic N) is 1. The maximum absolute atomic E-state index is 12.3. The van der Waals surface area contributed by atoms with Crippen molar-refractivity contribution in [2.75, 3.05) is 4.90 Å². The molecule has 0 fully saturated rings. The third kappa shape index (κ3) is 1.80. The van der Waals surface area contributed by atoms with E-state index in [2.05, 4.69) is 0 Å². The van der Waals surface area contributed by atoms with Gasteiger partial charge in [-0.3, -0.25) is 9.59 Å².